The first-order valence-corrected chi connectivity index (χ1v) is 16.2. The molecular weight excluding hydrogens is 564 g/mol. The van der Waals surface area contributed by atoms with Gasteiger partial charge in [0.2, 0.25) is 0 Å². The summed E-state index contributed by atoms with van der Waals surface area (Å²) in [5.41, 5.74) is 18.2. The number of hydrogen-bond acceptors (Lipinski definition) is 0. The molecule has 0 aliphatic heterocycles. The minimum Gasteiger partial charge on any atom is -0.0843 e. The third-order valence-corrected chi connectivity index (χ3v) is 11.2. The van der Waals surface area contributed by atoms with E-state index >= 15 is 0 Å². The second-order valence-corrected chi connectivity index (χ2v) is 13.8. The van der Waals surface area contributed by atoms with Crippen LogP contribution < -0.4 is 0 Å². The summed E-state index contributed by atoms with van der Waals surface area (Å²) in [4.78, 5) is 0. The molecule has 1 heteroatoms. The molecule has 0 aromatic heterocycles. The third kappa shape index (κ3) is 3.04. The number of rotatable bonds is 1. The van der Waals surface area contributed by atoms with Crippen LogP contribution in [0, 0.1) is 0 Å². The zero-order valence-corrected chi connectivity index (χ0v) is 25.9. The molecule has 0 N–H and O–H groups in total. The van der Waals surface area contributed by atoms with Gasteiger partial charge in [-0.2, -0.15) is 0 Å². The molecule has 1 spiro atoms. The SMILES string of the molecule is CC1(C)c2cc(Cl)ccc2-c2ccc(-c3cc4c(c5ccccc35)-c3ccccc3C43c4ccccc4-c4ccccc43)cc21. The van der Waals surface area contributed by atoms with Crippen LogP contribution in [0.5, 0.6) is 0 Å². The molecule has 0 heterocycles. The van der Waals surface area contributed by atoms with E-state index in [4.69, 9.17) is 11.6 Å². The largest absolute Gasteiger partial charge is 0.0843 e. The van der Waals surface area contributed by atoms with Crippen LogP contribution in [0.15, 0.2) is 140 Å². The highest BCUT2D eigenvalue weighted by Gasteiger charge is 2.52. The van der Waals surface area contributed by atoms with Crippen molar-refractivity contribution in [3.8, 4) is 44.5 Å². The number of halogens is 1. The molecule has 10 rings (SSSR count). The first-order valence-electron chi connectivity index (χ1n) is 15.8. The molecule has 0 fully saturated rings. The zero-order valence-electron chi connectivity index (χ0n) is 25.2. The predicted octanol–water partition coefficient (Wildman–Crippen LogP) is 11.8. The van der Waals surface area contributed by atoms with Crippen LogP contribution in [0.2, 0.25) is 5.02 Å². The van der Waals surface area contributed by atoms with Gasteiger partial charge in [0.15, 0.2) is 0 Å². The second kappa shape index (κ2) is 8.62. The summed E-state index contributed by atoms with van der Waals surface area (Å²) in [5.74, 6) is 0. The van der Waals surface area contributed by atoms with Crippen molar-refractivity contribution < 1.29 is 0 Å². The van der Waals surface area contributed by atoms with Crippen LogP contribution in [0.25, 0.3) is 55.3 Å². The maximum absolute atomic E-state index is 6.51. The summed E-state index contributed by atoms with van der Waals surface area (Å²) < 4.78 is 0. The van der Waals surface area contributed by atoms with E-state index in [9.17, 15) is 0 Å². The van der Waals surface area contributed by atoms with Crippen LogP contribution in [0.1, 0.15) is 47.2 Å². The van der Waals surface area contributed by atoms with Gasteiger partial charge in [0, 0.05) is 10.4 Å². The lowest BCUT2D eigenvalue weighted by molar-refractivity contribution is 0.660. The van der Waals surface area contributed by atoms with Gasteiger partial charge in [0.05, 0.1) is 5.41 Å². The number of fused-ring (bicyclic) bond motifs is 15. The molecule has 0 amide bonds. The summed E-state index contributed by atoms with van der Waals surface area (Å²) in [6.45, 7) is 4.66. The molecule has 0 saturated heterocycles. The fourth-order valence-electron chi connectivity index (χ4n) is 9.07. The van der Waals surface area contributed by atoms with Gasteiger partial charge in [-0.05, 0) is 113 Å². The van der Waals surface area contributed by atoms with Crippen molar-refractivity contribution in [3.63, 3.8) is 0 Å². The van der Waals surface area contributed by atoms with E-state index in [0.717, 1.165) is 5.02 Å². The van der Waals surface area contributed by atoms with Crippen molar-refractivity contribution >= 4 is 22.4 Å². The standard InChI is InChI=1S/C44H29Cl/c1-43(2)39-23-26(19-21-31(39)32-22-20-27(45)24-40(32)43)35-25-41-42(33-14-4-3-11-28(33)35)34-15-7-10-18-38(34)44(41)36-16-8-5-12-29(36)30-13-6-9-17-37(30)44/h3-25H,1-2H3. The molecule has 212 valence electrons. The molecular formula is C44H29Cl. The minimum atomic E-state index is -0.374. The summed E-state index contributed by atoms with van der Waals surface area (Å²) in [7, 11) is 0. The first kappa shape index (κ1) is 25.4. The van der Waals surface area contributed by atoms with Crippen molar-refractivity contribution in [1.29, 1.82) is 0 Å². The fourth-order valence-corrected chi connectivity index (χ4v) is 9.24. The Balaban J connectivity index is 1.32. The lowest BCUT2D eigenvalue weighted by atomic mass is 9.70. The van der Waals surface area contributed by atoms with Crippen LogP contribution in [0.3, 0.4) is 0 Å². The molecule has 0 nitrogen and oxygen atoms in total. The van der Waals surface area contributed by atoms with Crippen LogP contribution >= 0.6 is 11.6 Å². The van der Waals surface area contributed by atoms with Gasteiger partial charge in [0.1, 0.15) is 0 Å². The Hall–Kier alpha value is -4.91. The summed E-state index contributed by atoms with van der Waals surface area (Å²) in [6, 6.07) is 52.2. The molecule has 0 atom stereocenters. The summed E-state index contributed by atoms with van der Waals surface area (Å²) in [6.07, 6.45) is 0. The lowest BCUT2D eigenvalue weighted by Gasteiger charge is -2.31. The molecule has 0 unspecified atom stereocenters. The lowest BCUT2D eigenvalue weighted by Crippen LogP contribution is -2.25. The van der Waals surface area contributed by atoms with Crippen LogP contribution in [-0.2, 0) is 10.8 Å². The number of hydrogen-bond donors (Lipinski definition) is 0. The molecule has 7 aromatic rings. The van der Waals surface area contributed by atoms with Gasteiger partial charge < -0.3 is 0 Å². The predicted molar refractivity (Wildman–Crippen MR) is 188 cm³/mol. The van der Waals surface area contributed by atoms with Gasteiger partial charge >= 0.3 is 0 Å². The maximum atomic E-state index is 6.51. The third-order valence-electron chi connectivity index (χ3n) is 11.0. The smallest absolute Gasteiger partial charge is 0.0725 e. The van der Waals surface area contributed by atoms with E-state index in [1.807, 2.05) is 6.07 Å². The Morgan fingerprint density at radius 1 is 0.400 bits per heavy atom. The highest BCUT2D eigenvalue weighted by atomic mass is 35.5. The van der Waals surface area contributed by atoms with Crippen molar-refractivity contribution in [3.05, 3.63) is 178 Å². The molecule has 7 aromatic carbocycles. The Morgan fingerprint density at radius 2 is 0.911 bits per heavy atom. The van der Waals surface area contributed by atoms with Crippen molar-refractivity contribution in [2.75, 3.05) is 0 Å². The monoisotopic (exact) mass is 592 g/mol. The molecule has 0 bridgehead atoms. The van der Waals surface area contributed by atoms with Crippen molar-refractivity contribution in [2.24, 2.45) is 0 Å². The minimum absolute atomic E-state index is 0.140. The summed E-state index contributed by atoms with van der Waals surface area (Å²) >= 11 is 6.51. The topological polar surface area (TPSA) is 0 Å². The highest BCUT2D eigenvalue weighted by molar-refractivity contribution is 6.30. The van der Waals surface area contributed by atoms with E-state index in [-0.39, 0.29) is 10.8 Å². The second-order valence-electron chi connectivity index (χ2n) is 13.4. The Bertz CT molecular complexity index is 2380. The van der Waals surface area contributed by atoms with E-state index in [2.05, 4.69) is 147 Å². The van der Waals surface area contributed by atoms with Crippen LogP contribution in [-0.4, -0.2) is 0 Å². The summed E-state index contributed by atoms with van der Waals surface area (Å²) in [5, 5.41) is 3.39. The average molecular weight is 593 g/mol. The van der Waals surface area contributed by atoms with Gasteiger partial charge in [0.25, 0.3) is 0 Å². The van der Waals surface area contributed by atoms with Gasteiger partial charge in [-0.15, -0.1) is 0 Å². The molecule has 3 aliphatic carbocycles. The van der Waals surface area contributed by atoms with Gasteiger partial charge in [-0.3, -0.25) is 0 Å². The Kier molecular flexibility index (Phi) is 4.87. The normalized spacial score (nSPS) is 15.4. The van der Waals surface area contributed by atoms with Crippen molar-refractivity contribution in [1.82, 2.24) is 0 Å². The van der Waals surface area contributed by atoms with E-state index < -0.39 is 0 Å². The Morgan fingerprint density at radius 3 is 1.60 bits per heavy atom. The molecule has 45 heavy (non-hydrogen) atoms. The first-order chi connectivity index (χ1) is 22.0. The van der Waals surface area contributed by atoms with E-state index in [1.165, 1.54) is 88.7 Å². The fraction of sp³-hybridized carbons (Fsp3) is 0.0909. The van der Waals surface area contributed by atoms with Gasteiger partial charge in [-0.25, -0.2) is 0 Å². The number of benzene rings is 7. The average Bonchev–Trinajstić information content (AvgIpc) is 3.63. The zero-order chi connectivity index (χ0) is 30.1. The quantitative estimate of drug-likeness (QED) is 0.178. The molecule has 3 aliphatic rings. The molecule has 0 saturated carbocycles. The van der Waals surface area contributed by atoms with E-state index in [0.29, 0.717) is 0 Å². The van der Waals surface area contributed by atoms with Gasteiger partial charge in [-0.1, -0.05) is 141 Å². The Labute approximate surface area is 268 Å². The van der Waals surface area contributed by atoms with E-state index in [1.54, 1.807) is 0 Å². The van der Waals surface area contributed by atoms with Crippen molar-refractivity contribution in [2.45, 2.75) is 24.7 Å². The molecule has 0 radical (unpaired) electrons. The van der Waals surface area contributed by atoms with Crippen LogP contribution in [0.4, 0.5) is 0 Å². The highest BCUT2D eigenvalue weighted by Crippen LogP contribution is 2.64. The maximum Gasteiger partial charge on any atom is 0.0725 e.